The molecular weight excluding hydrogens is 518 g/mol. The van der Waals surface area contributed by atoms with E-state index < -0.39 is 24.0 Å². The van der Waals surface area contributed by atoms with Crippen molar-refractivity contribution in [3.63, 3.8) is 0 Å². The minimum Gasteiger partial charge on any atom is -0.343 e. The fourth-order valence-electron chi connectivity index (χ4n) is 4.49. The van der Waals surface area contributed by atoms with Gasteiger partial charge in [0.15, 0.2) is 0 Å². The van der Waals surface area contributed by atoms with Crippen LogP contribution in [0.2, 0.25) is 0 Å². The summed E-state index contributed by atoms with van der Waals surface area (Å²) in [7, 11) is 0. The van der Waals surface area contributed by atoms with Crippen LogP contribution in [0.4, 0.5) is 0 Å². The average molecular weight is 560 g/mol. The summed E-state index contributed by atoms with van der Waals surface area (Å²) in [5, 5.41) is 5.91. The molecule has 3 amide bonds. The van der Waals surface area contributed by atoms with Crippen LogP contribution in [0.3, 0.4) is 0 Å². The summed E-state index contributed by atoms with van der Waals surface area (Å²) in [4.78, 5) is 45.4. The molecule has 1 aromatic heterocycles. The standard InChI is InChI=1S/C31H41N7O3/c1-22-9-12-24(13-10-22)29(25-8-5-17-35-21-25)37-31(41)27(14-11-23-6-3-2-4-7-23)36-30(40)26(34)20-28(39)38(18-15-32)19-16-33/h2-10,12-13,17,21,26-27,29H,11,14-16,18-20,32-34H2,1H3,(H,36,40)(H,37,41). The molecule has 218 valence electrons. The van der Waals surface area contributed by atoms with Crippen molar-refractivity contribution in [1.82, 2.24) is 20.5 Å². The molecule has 41 heavy (non-hydrogen) atoms. The SMILES string of the molecule is Cc1ccc(C(NC(=O)C(CCc2ccccc2)NC(=O)C(N)CC(=O)N(CCN)CCN)c2cccnc2)cc1. The number of amides is 3. The van der Waals surface area contributed by atoms with Crippen molar-refractivity contribution in [3.8, 4) is 0 Å². The van der Waals surface area contributed by atoms with Crippen LogP contribution in [0.1, 0.15) is 41.1 Å². The third-order valence-electron chi connectivity index (χ3n) is 6.79. The van der Waals surface area contributed by atoms with E-state index in [9.17, 15) is 14.4 Å². The summed E-state index contributed by atoms with van der Waals surface area (Å²) in [5.41, 5.74) is 21.2. The highest BCUT2D eigenvalue weighted by Gasteiger charge is 2.28. The molecule has 8 N–H and O–H groups in total. The number of aryl methyl sites for hydroxylation is 2. The molecule has 0 spiro atoms. The van der Waals surface area contributed by atoms with Gasteiger partial charge in [0.05, 0.1) is 18.5 Å². The van der Waals surface area contributed by atoms with E-state index in [-0.39, 0.29) is 31.3 Å². The van der Waals surface area contributed by atoms with Gasteiger partial charge in [-0.15, -0.1) is 0 Å². The third-order valence-corrected chi connectivity index (χ3v) is 6.79. The number of carbonyl (C=O) groups is 3. The minimum absolute atomic E-state index is 0.222. The van der Waals surface area contributed by atoms with E-state index in [2.05, 4.69) is 15.6 Å². The number of carbonyl (C=O) groups excluding carboxylic acids is 3. The number of rotatable bonds is 15. The molecule has 0 aliphatic rings. The van der Waals surface area contributed by atoms with Gasteiger partial charge < -0.3 is 32.7 Å². The number of aromatic nitrogens is 1. The van der Waals surface area contributed by atoms with E-state index in [1.165, 1.54) is 4.90 Å². The normalized spacial score (nSPS) is 13.1. The zero-order valence-electron chi connectivity index (χ0n) is 23.5. The Bertz CT molecular complexity index is 1230. The van der Waals surface area contributed by atoms with Crippen molar-refractivity contribution in [3.05, 3.63) is 101 Å². The predicted octanol–water partition coefficient (Wildman–Crippen LogP) is 1.18. The number of nitrogens with one attached hydrogen (secondary N) is 2. The molecular formula is C31H41N7O3. The van der Waals surface area contributed by atoms with Gasteiger partial charge in [-0.25, -0.2) is 0 Å². The molecule has 3 unspecified atom stereocenters. The summed E-state index contributed by atoms with van der Waals surface area (Å²) in [5.74, 6) is -1.26. The van der Waals surface area contributed by atoms with Crippen LogP contribution in [0.5, 0.6) is 0 Å². The predicted molar refractivity (Wildman–Crippen MR) is 159 cm³/mol. The monoisotopic (exact) mass is 559 g/mol. The fourth-order valence-corrected chi connectivity index (χ4v) is 4.49. The van der Waals surface area contributed by atoms with Crippen LogP contribution in [-0.2, 0) is 20.8 Å². The van der Waals surface area contributed by atoms with E-state index in [1.807, 2.05) is 73.7 Å². The average Bonchev–Trinajstić information content (AvgIpc) is 2.99. The first kappa shape index (κ1) is 31.4. The number of nitrogens with zero attached hydrogens (tertiary/aromatic N) is 2. The van der Waals surface area contributed by atoms with Gasteiger partial charge >= 0.3 is 0 Å². The Balaban J connectivity index is 1.79. The molecule has 0 fully saturated rings. The Morgan fingerprint density at radius 3 is 2.15 bits per heavy atom. The van der Waals surface area contributed by atoms with Crippen LogP contribution in [-0.4, -0.2) is 65.9 Å². The largest absolute Gasteiger partial charge is 0.343 e. The Morgan fingerprint density at radius 1 is 0.854 bits per heavy atom. The number of nitrogens with two attached hydrogens (primary N) is 3. The maximum Gasteiger partial charge on any atom is 0.243 e. The molecule has 0 aliphatic carbocycles. The molecule has 2 aromatic carbocycles. The van der Waals surface area contributed by atoms with Crippen LogP contribution >= 0.6 is 0 Å². The molecule has 3 aromatic rings. The first-order valence-corrected chi connectivity index (χ1v) is 13.9. The molecule has 10 heteroatoms. The second-order valence-electron chi connectivity index (χ2n) is 9.99. The van der Waals surface area contributed by atoms with E-state index in [4.69, 9.17) is 17.2 Å². The van der Waals surface area contributed by atoms with Crippen LogP contribution < -0.4 is 27.8 Å². The second kappa shape index (κ2) is 16.2. The highest BCUT2D eigenvalue weighted by atomic mass is 16.2. The molecule has 0 saturated carbocycles. The van der Waals surface area contributed by atoms with Crippen molar-refractivity contribution in [1.29, 1.82) is 0 Å². The van der Waals surface area contributed by atoms with Gasteiger partial charge in [0.2, 0.25) is 17.7 Å². The maximum atomic E-state index is 13.8. The summed E-state index contributed by atoms with van der Waals surface area (Å²) >= 11 is 0. The molecule has 10 nitrogen and oxygen atoms in total. The van der Waals surface area contributed by atoms with Gasteiger partial charge in [0, 0.05) is 38.6 Å². The lowest BCUT2D eigenvalue weighted by Crippen LogP contribution is -2.53. The van der Waals surface area contributed by atoms with Gasteiger partial charge in [0.1, 0.15) is 6.04 Å². The number of hydrogen-bond acceptors (Lipinski definition) is 7. The van der Waals surface area contributed by atoms with Gasteiger partial charge in [-0.1, -0.05) is 66.2 Å². The zero-order valence-corrected chi connectivity index (χ0v) is 23.5. The van der Waals surface area contributed by atoms with E-state index in [1.54, 1.807) is 12.4 Å². The van der Waals surface area contributed by atoms with Gasteiger partial charge in [0.25, 0.3) is 0 Å². The quantitative estimate of drug-likeness (QED) is 0.186. The first-order valence-electron chi connectivity index (χ1n) is 13.9. The highest BCUT2D eigenvalue weighted by molar-refractivity contribution is 5.92. The lowest BCUT2D eigenvalue weighted by Gasteiger charge is -2.26. The molecule has 1 heterocycles. The summed E-state index contributed by atoms with van der Waals surface area (Å²) < 4.78 is 0. The van der Waals surface area contributed by atoms with Crippen molar-refractivity contribution < 1.29 is 14.4 Å². The van der Waals surface area contributed by atoms with Crippen molar-refractivity contribution in [2.24, 2.45) is 17.2 Å². The van der Waals surface area contributed by atoms with Crippen molar-refractivity contribution in [2.75, 3.05) is 26.2 Å². The second-order valence-corrected chi connectivity index (χ2v) is 9.99. The molecule has 0 aliphatic heterocycles. The van der Waals surface area contributed by atoms with Crippen LogP contribution in [0.25, 0.3) is 0 Å². The van der Waals surface area contributed by atoms with E-state index >= 15 is 0 Å². The lowest BCUT2D eigenvalue weighted by molar-refractivity contribution is -0.135. The number of pyridine rings is 1. The lowest BCUT2D eigenvalue weighted by atomic mass is 9.97. The number of benzene rings is 2. The maximum absolute atomic E-state index is 13.8. The Morgan fingerprint density at radius 2 is 1.54 bits per heavy atom. The van der Waals surface area contributed by atoms with Gasteiger partial charge in [-0.2, -0.15) is 0 Å². The molecule has 0 radical (unpaired) electrons. The van der Waals surface area contributed by atoms with Gasteiger partial charge in [-0.3, -0.25) is 19.4 Å². The summed E-state index contributed by atoms with van der Waals surface area (Å²) in [6.45, 7) is 3.18. The van der Waals surface area contributed by atoms with Gasteiger partial charge in [-0.05, 0) is 42.5 Å². The van der Waals surface area contributed by atoms with Crippen molar-refractivity contribution >= 4 is 17.7 Å². The Kier molecular flexibility index (Phi) is 12.4. The van der Waals surface area contributed by atoms with E-state index in [0.717, 1.165) is 22.3 Å². The highest BCUT2D eigenvalue weighted by Crippen LogP contribution is 2.22. The Labute approximate surface area is 241 Å². The summed E-state index contributed by atoms with van der Waals surface area (Å²) in [6, 6.07) is 18.8. The van der Waals surface area contributed by atoms with Crippen LogP contribution in [0.15, 0.2) is 79.1 Å². The molecule has 0 saturated heterocycles. The van der Waals surface area contributed by atoms with E-state index in [0.29, 0.717) is 25.9 Å². The van der Waals surface area contributed by atoms with Crippen LogP contribution in [0, 0.1) is 6.92 Å². The minimum atomic E-state index is -1.14. The first-order chi connectivity index (χ1) is 19.8. The number of hydrogen-bond donors (Lipinski definition) is 5. The molecule has 0 bridgehead atoms. The fraction of sp³-hybridized carbons (Fsp3) is 0.355. The zero-order chi connectivity index (χ0) is 29.6. The molecule has 3 rings (SSSR count). The summed E-state index contributed by atoms with van der Waals surface area (Å²) in [6.07, 6.45) is 4.04. The third kappa shape index (κ3) is 9.78. The smallest absolute Gasteiger partial charge is 0.243 e. The molecule has 3 atom stereocenters. The van der Waals surface area contributed by atoms with Crippen molar-refractivity contribution in [2.45, 2.75) is 44.3 Å². The Hall–Kier alpha value is -4.12. The topological polar surface area (TPSA) is 169 Å².